The zero-order valence-electron chi connectivity index (χ0n) is 13.0. The molecule has 1 aromatic carbocycles. The van der Waals surface area contributed by atoms with E-state index in [-0.39, 0.29) is 6.61 Å². The molecule has 124 valence electrons. The lowest BCUT2D eigenvalue weighted by Crippen LogP contribution is -2.03. The summed E-state index contributed by atoms with van der Waals surface area (Å²) >= 11 is 1.56. The first-order valence-electron chi connectivity index (χ1n) is 6.95. The number of hydrogen-bond donors (Lipinski definition) is 0. The summed E-state index contributed by atoms with van der Waals surface area (Å²) in [4.78, 5) is 15.8. The third-order valence-corrected chi connectivity index (χ3v) is 3.87. The van der Waals surface area contributed by atoms with Gasteiger partial charge in [0.25, 0.3) is 5.89 Å². The number of carbonyl (C=O) groups excluding carboxylic acids is 1. The predicted molar refractivity (Wildman–Crippen MR) is 86.3 cm³/mol. The van der Waals surface area contributed by atoms with Crippen LogP contribution in [0.15, 0.2) is 39.5 Å². The molecule has 0 radical (unpaired) electrons. The molecule has 2 aromatic heterocycles. The molecule has 0 atom stereocenters. The second-order valence-corrected chi connectivity index (χ2v) is 5.45. The summed E-state index contributed by atoms with van der Waals surface area (Å²) < 4.78 is 20.7. The van der Waals surface area contributed by atoms with E-state index in [0.29, 0.717) is 28.8 Å². The Morgan fingerprint density at radius 2 is 2.12 bits per heavy atom. The highest BCUT2D eigenvalue weighted by Crippen LogP contribution is 2.29. The highest BCUT2D eigenvalue weighted by molar-refractivity contribution is 7.08. The number of aromatic nitrogens is 2. The molecule has 0 amide bonds. The smallest absolute Gasteiger partial charge is 0.337 e. The maximum absolute atomic E-state index is 11.5. The normalized spacial score (nSPS) is 10.4. The molecular formula is C16H14N2O5S. The third-order valence-electron chi connectivity index (χ3n) is 3.18. The van der Waals surface area contributed by atoms with Crippen molar-refractivity contribution in [3.63, 3.8) is 0 Å². The van der Waals surface area contributed by atoms with E-state index in [1.165, 1.54) is 14.2 Å². The molecular weight excluding hydrogens is 332 g/mol. The lowest BCUT2D eigenvalue weighted by molar-refractivity contribution is 0.0600. The average Bonchev–Trinajstić information content (AvgIpc) is 3.30. The van der Waals surface area contributed by atoms with Crippen LogP contribution in [0.2, 0.25) is 0 Å². The van der Waals surface area contributed by atoms with Gasteiger partial charge in [-0.2, -0.15) is 16.3 Å². The molecule has 0 unspecified atom stereocenters. The van der Waals surface area contributed by atoms with Crippen LogP contribution in [0.5, 0.6) is 11.5 Å². The molecule has 7 nitrogen and oxygen atoms in total. The summed E-state index contributed by atoms with van der Waals surface area (Å²) in [6.07, 6.45) is 0. The van der Waals surface area contributed by atoms with Crippen LogP contribution in [0.25, 0.3) is 11.4 Å². The number of esters is 1. The maximum Gasteiger partial charge on any atom is 0.337 e. The van der Waals surface area contributed by atoms with E-state index in [4.69, 9.17) is 14.0 Å². The van der Waals surface area contributed by atoms with E-state index in [9.17, 15) is 4.79 Å². The van der Waals surface area contributed by atoms with Crippen molar-refractivity contribution in [2.45, 2.75) is 6.61 Å². The van der Waals surface area contributed by atoms with Crippen LogP contribution < -0.4 is 9.47 Å². The summed E-state index contributed by atoms with van der Waals surface area (Å²) in [5.41, 5.74) is 1.27. The van der Waals surface area contributed by atoms with Crippen LogP contribution in [0.1, 0.15) is 16.2 Å². The molecule has 24 heavy (non-hydrogen) atoms. The van der Waals surface area contributed by atoms with Crippen molar-refractivity contribution in [3.8, 4) is 22.9 Å². The van der Waals surface area contributed by atoms with Crippen molar-refractivity contribution >= 4 is 17.3 Å². The SMILES string of the molecule is COC(=O)c1ccc(OCc2nc(-c3ccsc3)no2)c(OC)c1. The molecule has 0 aliphatic carbocycles. The Hall–Kier alpha value is -2.87. The van der Waals surface area contributed by atoms with Crippen molar-refractivity contribution in [1.29, 1.82) is 0 Å². The standard InChI is InChI=1S/C16H14N2O5S/c1-20-13-7-10(16(19)21-2)3-4-12(13)22-8-14-17-15(18-23-14)11-5-6-24-9-11/h3-7,9H,8H2,1-2H3. The number of methoxy groups -OCH3 is 2. The van der Waals surface area contributed by atoms with E-state index in [2.05, 4.69) is 14.9 Å². The first-order chi connectivity index (χ1) is 11.7. The lowest BCUT2D eigenvalue weighted by atomic mass is 10.2. The van der Waals surface area contributed by atoms with Crippen LogP contribution in [0, 0.1) is 0 Å². The molecule has 8 heteroatoms. The molecule has 2 heterocycles. The quantitative estimate of drug-likeness (QED) is 0.634. The van der Waals surface area contributed by atoms with Gasteiger partial charge < -0.3 is 18.7 Å². The summed E-state index contributed by atoms with van der Waals surface area (Å²) in [5.74, 6) is 1.28. The molecule has 3 rings (SSSR count). The molecule has 0 aliphatic heterocycles. The Bertz CT molecular complexity index is 829. The first kappa shape index (κ1) is 16.0. The van der Waals surface area contributed by atoms with Crippen LogP contribution in [-0.2, 0) is 11.3 Å². The van der Waals surface area contributed by atoms with Gasteiger partial charge in [0.05, 0.1) is 19.8 Å². The number of carbonyl (C=O) groups is 1. The van der Waals surface area contributed by atoms with E-state index in [0.717, 1.165) is 5.56 Å². The Balaban J connectivity index is 1.71. The average molecular weight is 346 g/mol. The van der Waals surface area contributed by atoms with Gasteiger partial charge in [0.2, 0.25) is 5.82 Å². The van der Waals surface area contributed by atoms with Crippen molar-refractivity contribution in [1.82, 2.24) is 10.1 Å². The zero-order valence-corrected chi connectivity index (χ0v) is 13.8. The first-order valence-corrected chi connectivity index (χ1v) is 7.90. The van der Waals surface area contributed by atoms with Gasteiger partial charge in [0, 0.05) is 10.9 Å². The maximum atomic E-state index is 11.5. The molecule has 0 aliphatic rings. The minimum absolute atomic E-state index is 0.0884. The summed E-state index contributed by atoms with van der Waals surface area (Å²) in [5, 5.41) is 7.78. The molecule has 0 spiro atoms. The number of hydrogen-bond acceptors (Lipinski definition) is 8. The van der Waals surface area contributed by atoms with Crippen LogP contribution in [0.3, 0.4) is 0 Å². The van der Waals surface area contributed by atoms with Gasteiger partial charge in [-0.1, -0.05) is 5.16 Å². The minimum Gasteiger partial charge on any atom is -0.493 e. The fraction of sp³-hybridized carbons (Fsp3) is 0.188. The van der Waals surface area contributed by atoms with E-state index < -0.39 is 5.97 Å². The van der Waals surface area contributed by atoms with E-state index in [1.807, 2.05) is 16.8 Å². The van der Waals surface area contributed by atoms with Crippen LogP contribution >= 0.6 is 11.3 Å². The van der Waals surface area contributed by atoms with Gasteiger partial charge in [-0.3, -0.25) is 0 Å². The molecule has 0 N–H and O–H groups in total. The van der Waals surface area contributed by atoms with Gasteiger partial charge in [-0.05, 0) is 29.6 Å². The van der Waals surface area contributed by atoms with Gasteiger partial charge in [-0.25, -0.2) is 4.79 Å². The van der Waals surface area contributed by atoms with Crippen LogP contribution in [-0.4, -0.2) is 30.3 Å². The zero-order chi connectivity index (χ0) is 16.9. The fourth-order valence-corrected chi connectivity index (χ4v) is 2.63. The number of nitrogens with zero attached hydrogens (tertiary/aromatic N) is 2. The summed E-state index contributed by atoms with van der Waals surface area (Å²) in [6.45, 7) is 0.0884. The van der Waals surface area contributed by atoms with E-state index in [1.54, 1.807) is 29.5 Å². The second-order valence-electron chi connectivity index (χ2n) is 4.67. The minimum atomic E-state index is -0.447. The predicted octanol–water partition coefficient (Wildman–Crippen LogP) is 3.17. The number of thiophene rings is 1. The van der Waals surface area contributed by atoms with Crippen molar-refractivity contribution < 1.29 is 23.5 Å². The largest absolute Gasteiger partial charge is 0.493 e. The third kappa shape index (κ3) is 3.38. The summed E-state index contributed by atoms with van der Waals surface area (Å²) in [6, 6.07) is 6.68. The van der Waals surface area contributed by atoms with Crippen molar-refractivity contribution in [2.75, 3.05) is 14.2 Å². The Labute approximate surface area is 141 Å². The molecule has 0 bridgehead atoms. The molecule has 0 saturated carbocycles. The monoisotopic (exact) mass is 346 g/mol. The number of ether oxygens (including phenoxy) is 3. The lowest BCUT2D eigenvalue weighted by Gasteiger charge is -2.10. The second kappa shape index (κ2) is 7.14. The number of rotatable bonds is 6. The molecule has 0 saturated heterocycles. The highest BCUT2D eigenvalue weighted by atomic mass is 32.1. The summed E-state index contributed by atoms with van der Waals surface area (Å²) in [7, 11) is 2.81. The Morgan fingerprint density at radius 1 is 1.25 bits per heavy atom. The van der Waals surface area contributed by atoms with Crippen molar-refractivity contribution in [3.05, 3.63) is 46.5 Å². The Kier molecular flexibility index (Phi) is 4.76. The molecule has 0 fully saturated rings. The Morgan fingerprint density at radius 3 is 2.83 bits per heavy atom. The topological polar surface area (TPSA) is 83.7 Å². The molecule has 3 aromatic rings. The fourth-order valence-electron chi connectivity index (χ4n) is 1.99. The van der Waals surface area contributed by atoms with Gasteiger partial charge in [0.1, 0.15) is 0 Å². The van der Waals surface area contributed by atoms with E-state index >= 15 is 0 Å². The highest BCUT2D eigenvalue weighted by Gasteiger charge is 2.14. The number of benzene rings is 1. The van der Waals surface area contributed by atoms with Gasteiger partial charge in [0.15, 0.2) is 18.1 Å². The van der Waals surface area contributed by atoms with Gasteiger partial charge in [-0.15, -0.1) is 0 Å². The van der Waals surface area contributed by atoms with Gasteiger partial charge >= 0.3 is 5.97 Å². The van der Waals surface area contributed by atoms with Crippen LogP contribution in [0.4, 0.5) is 0 Å². The van der Waals surface area contributed by atoms with Crippen molar-refractivity contribution in [2.24, 2.45) is 0 Å².